The fourth-order valence-corrected chi connectivity index (χ4v) is 3.46. The number of pyridine rings is 1. The number of hydrogen-bond donors (Lipinski definition) is 0. The van der Waals surface area contributed by atoms with E-state index in [1.54, 1.807) is 6.07 Å². The quantitative estimate of drug-likeness (QED) is 0.578. The van der Waals surface area contributed by atoms with Crippen LogP contribution in [0, 0.1) is 5.82 Å². The summed E-state index contributed by atoms with van der Waals surface area (Å²) in [5.74, 6) is -0.187. The lowest BCUT2D eigenvalue weighted by atomic mass is 9.96. The van der Waals surface area contributed by atoms with E-state index in [1.165, 1.54) is 11.6 Å². The molecule has 1 aliphatic heterocycles. The number of nitrogens with zero attached hydrogens (tertiary/aromatic N) is 2. The summed E-state index contributed by atoms with van der Waals surface area (Å²) in [5.41, 5.74) is 3.96. The smallest absolute Gasteiger partial charge is 0.132 e. The first-order chi connectivity index (χ1) is 10.2. The Morgan fingerprint density at radius 3 is 3.00 bits per heavy atom. The Hall–Kier alpha value is -1.87. The molecular weight excluding hydrogens is 287 g/mol. The van der Waals surface area contributed by atoms with Gasteiger partial charge in [-0.2, -0.15) is 0 Å². The molecule has 0 fully saturated rings. The molecule has 1 unspecified atom stereocenters. The van der Waals surface area contributed by atoms with Crippen molar-refractivity contribution in [1.82, 2.24) is 9.55 Å². The molecule has 2 aromatic heterocycles. The minimum atomic E-state index is -0.187. The van der Waals surface area contributed by atoms with Gasteiger partial charge in [0.2, 0.25) is 0 Å². The highest BCUT2D eigenvalue weighted by Crippen LogP contribution is 2.40. The zero-order valence-electron chi connectivity index (χ0n) is 11.6. The second-order valence-corrected chi connectivity index (χ2v) is 5.87. The second kappa shape index (κ2) is 4.57. The van der Waals surface area contributed by atoms with Crippen molar-refractivity contribution in [2.45, 2.75) is 25.8 Å². The van der Waals surface area contributed by atoms with E-state index in [-0.39, 0.29) is 5.82 Å². The fourth-order valence-electron chi connectivity index (χ4n) is 3.31. The van der Waals surface area contributed by atoms with Crippen molar-refractivity contribution in [3.05, 3.63) is 52.9 Å². The van der Waals surface area contributed by atoms with E-state index < -0.39 is 0 Å². The van der Waals surface area contributed by atoms with Crippen LogP contribution in [0.25, 0.3) is 22.3 Å². The van der Waals surface area contributed by atoms with Gasteiger partial charge in [0.1, 0.15) is 11.0 Å². The number of benzene rings is 1. The zero-order chi connectivity index (χ0) is 14.6. The molecule has 3 aromatic rings. The van der Waals surface area contributed by atoms with Gasteiger partial charge in [0.05, 0.1) is 16.9 Å². The standard InChI is InChI=1S/C17H14ClFN2/c1-2-11-8-10-6-7-16(18)20-17(10)15-9-12-13(19)4-3-5-14(12)21(11)15/h3-7,9,11H,2,8H2,1H3. The molecule has 0 aliphatic carbocycles. The maximum Gasteiger partial charge on any atom is 0.132 e. The zero-order valence-corrected chi connectivity index (χ0v) is 12.4. The molecule has 0 spiro atoms. The fraction of sp³-hybridized carbons (Fsp3) is 0.235. The molecule has 0 amide bonds. The average Bonchev–Trinajstić information content (AvgIpc) is 2.88. The molecule has 0 radical (unpaired) electrons. The molecule has 106 valence electrons. The number of fused-ring (bicyclic) bond motifs is 5. The van der Waals surface area contributed by atoms with Gasteiger partial charge in [0.15, 0.2) is 0 Å². The molecule has 4 rings (SSSR count). The van der Waals surface area contributed by atoms with E-state index in [9.17, 15) is 4.39 Å². The van der Waals surface area contributed by atoms with Crippen LogP contribution >= 0.6 is 11.6 Å². The van der Waals surface area contributed by atoms with Crippen LogP contribution in [0.3, 0.4) is 0 Å². The lowest BCUT2D eigenvalue weighted by molar-refractivity contribution is 0.490. The van der Waals surface area contributed by atoms with Gasteiger partial charge in [-0.15, -0.1) is 0 Å². The minimum Gasteiger partial charge on any atom is -0.336 e. The van der Waals surface area contributed by atoms with E-state index in [0.717, 1.165) is 29.7 Å². The van der Waals surface area contributed by atoms with Crippen molar-refractivity contribution in [2.75, 3.05) is 0 Å². The maximum atomic E-state index is 14.1. The lowest BCUT2D eigenvalue weighted by Crippen LogP contribution is -2.18. The van der Waals surface area contributed by atoms with E-state index in [0.29, 0.717) is 16.6 Å². The SMILES string of the molecule is CCC1Cc2ccc(Cl)nc2-c2cc3c(F)cccc3n21. The Morgan fingerprint density at radius 1 is 1.33 bits per heavy atom. The lowest BCUT2D eigenvalue weighted by Gasteiger charge is -2.27. The summed E-state index contributed by atoms with van der Waals surface area (Å²) in [4.78, 5) is 4.47. The van der Waals surface area contributed by atoms with Crippen molar-refractivity contribution in [2.24, 2.45) is 0 Å². The third-order valence-corrected chi connectivity index (χ3v) is 4.52. The van der Waals surface area contributed by atoms with Gasteiger partial charge >= 0.3 is 0 Å². The number of aromatic nitrogens is 2. The molecular formula is C17H14ClFN2. The third-order valence-electron chi connectivity index (χ3n) is 4.31. The molecule has 0 N–H and O–H groups in total. The Kier molecular flexibility index (Phi) is 2.79. The maximum absolute atomic E-state index is 14.1. The molecule has 2 nitrogen and oxygen atoms in total. The first kappa shape index (κ1) is 12.8. The Balaban J connectivity index is 2.10. The summed E-state index contributed by atoms with van der Waals surface area (Å²) in [7, 11) is 0. The van der Waals surface area contributed by atoms with Gasteiger partial charge in [-0.1, -0.05) is 30.7 Å². The molecule has 3 heterocycles. The molecule has 0 saturated heterocycles. The van der Waals surface area contributed by atoms with Gasteiger partial charge in [-0.25, -0.2) is 9.37 Å². The molecule has 1 aromatic carbocycles. The predicted molar refractivity (Wildman–Crippen MR) is 83.2 cm³/mol. The van der Waals surface area contributed by atoms with Crippen molar-refractivity contribution in [1.29, 1.82) is 0 Å². The summed E-state index contributed by atoms with van der Waals surface area (Å²) in [5, 5.41) is 1.13. The largest absolute Gasteiger partial charge is 0.336 e. The molecule has 21 heavy (non-hydrogen) atoms. The van der Waals surface area contributed by atoms with Crippen LogP contribution in [-0.4, -0.2) is 9.55 Å². The second-order valence-electron chi connectivity index (χ2n) is 5.48. The summed E-state index contributed by atoms with van der Waals surface area (Å²) in [6, 6.07) is 11.3. The highest BCUT2D eigenvalue weighted by Gasteiger charge is 2.27. The number of hydrogen-bond acceptors (Lipinski definition) is 1. The van der Waals surface area contributed by atoms with Crippen LogP contribution < -0.4 is 0 Å². The normalized spacial score (nSPS) is 16.8. The van der Waals surface area contributed by atoms with Crippen molar-refractivity contribution >= 4 is 22.5 Å². The summed E-state index contributed by atoms with van der Waals surface area (Å²) >= 11 is 6.05. The molecule has 0 saturated carbocycles. The van der Waals surface area contributed by atoms with Crippen molar-refractivity contribution in [3.8, 4) is 11.4 Å². The van der Waals surface area contributed by atoms with Crippen LogP contribution in [0.2, 0.25) is 5.15 Å². The number of rotatable bonds is 1. The summed E-state index contributed by atoms with van der Waals surface area (Å²) in [6.45, 7) is 2.16. The van der Waals surface area contributed by atoms with E-state index in [1.807, 2.05) is 24.3 Å². The summed E-state index contributed by atoms with van der Waals surface area (Å²) in [6.07, 6.45) is 1.90. The van der Waals surface area contributed by atoms with Crippen LogP contribution in [0.15, 0.2) is 36.4 Å². The predicted octanol–water partition coefficient (Wildman–Crippen LogP) is 5.00. The van der Waals surface area contributed by atoms with Crippen LogP contribution in [-0.2, 0) is 6.42 Å². The Labute approximate surface area is 127 Å². The van der Waals surface area contributed by atoms with Gasteiger partial charge in [-0.3, -0.25) is 0 Å². The van der Waals surface area contributed by atoms with Crippen LogP contribution in [0.1, 0.15) is 24.9 Å². The highest BCUT2D eigenvalue weighted by atomic mass is 35.5. The minimum absolute atomic E-state index is 0.187. The average molecular weight is 301 g/mol. The van der Waals surface area contributed by atoms with E-state index >= 15 is 0 Å². The third kappa shape index (κ3) is 1.80. The first-order valence-corrected chi connectivity index (χ1v) is 7.52. The van der Waals surface area contributed by atoms with E-state index in [4.69, 9.17) is 11.6 Å². The summed E-state index contributed by atoms with van der Waals surface area (Å²) < 4.78 is 16.3. The van der Waals surface area contributed by atoms with Gasteiger partial charge in [0, 0.05) is 11.4 Å². The topological polar surface area (TPSA) is 17.8 Å². The molecule has 0 bridgehead atoms. The van der Waals surface area contributed by atoms with Gasteiger partial charge < -0.3 is 4.57 Å². The molecule has 1 aliphatic rings. The van der Waals surface area contributed by atoms with Crippen molar-refractivity contribution in [3.63, 3.8) is 0 Å². The van der Waals surface area contributed by atoms with Crippen molar-refractivity contribution < 1.29 is 4.39 Å². The van der Waals surface area contributed by atoms with E-state index in [2.05, 4.69) is 16.5 Å². The molecule has 4 heteroatoms. The number of halogens is 2. The monoisotopic (exact) mass is 300 g/mol. The highest BCUT2D eigenvalue weighted by molar-refractivity contribution is 6.29. The van der Waals surface area contributed by atoms with Crippen LogP contribution in [0.5, 0.6) is 0 Å². The Bertz CT molecular complexity index is 853. The Morgan fingerprint density at radius 2 is 2.19 bits per heavy atom. The first-order valence-electron chi connectivity index (χ1n) is 7.14. The van der Waals surface area contributed by atoms with Gasteiger partial charge in [-0.05, 0) is 42.7 Å². The van der Waals surface area contributed by atoms with Gasteiger partial charge in [0.25, 0.3) is 0 Å². The van der Waals surface area contributed by atoms with Crippen LogP contribution in [0.4, 0.5) is 4.39 Å². The molecule has 1 atom stereocenters.